The van der Waals surface area contributed by atoms with E-state index in [1.807, 2.05) is 13.8 Å². The van der Waals surface area contributed by atoms with Crippen LogP contribution in [0.2, 0.25) is 0 Å². The molecule has 0 saturated heterocycles. The molecule has 0 saturated carbocycles. The van der Waals surface area contributed by atoms with Crippen molar-refractivity contribution in [3.05, 3.63) is 26.6 Å². The van der Waals surface area contributed by atoms with E-state index in [0.29, 0.717) is 0 Å². The molecule has 0 heterocycles. The summed E-state index contributed by atoms with van der Waals surface area (Å²) in [4.78, 5) is 2.45. The zero-order chi connectivity index (χ0) is 16.5. The van der Waals surface area contributed by atoms with Crippen LogP contribution in [0.3, 0.4) is 0 Å². The van der Waals surface area contributed by atoms with Gasteiger partial charge in [0, 0.05) is 6.54 Å². The molecular formula is C17H28Br2N2O. The molecule has 0 aliphatic carbocycles. The fourth-order valence-corrected chi connectivity index (χ4v) is 3.73. The molecule has 0 aromatic heterocycles. The van der Waals surface area contributed by atoms with Crippen molar-refractivity contribution in [2.75, 3.05) is 26.2 Å². The molecule has 1 aromatic carbocycles. The lowest BCUT2D eigenvalue weighted by atomic mass is 10.2. The summed E-state index contributed by atoms with van der Waals surface area (Å²) in [5.41, 5.74) is 1.25. The first-order valence-electron chi connectivity index (χ1n) is 8.05. The van der Waals surface area contributed by atoms with Gasteiger partial charge in [-0.15, -0.1) is 0 Å². The molecule has 1 aromatic rings. The molecule has 5 heteroatoms. The van der Waals surface area contributed by atoms with Crippen LogP contribution in [0, 0.1) is 0 Å². The monoisotopic (exact) mass is 434 g/mol. The summed E-state index contributed by atoms with van der Waals surface area (Å²) in [6.45, 7) is 13.8. The molecule has 126 valence electrons. The highest BCUT2D eigenvalue weighted by Crippen LogP contribution is 2.35. The maximum Gasteiger partial charge on any atom is 0.148 e. The molecule has 22 heavy (non-hydrogen) atoms. The quantitative estimate of drug-likeness (QED) is 0.533. The highest BCUT2D eigenvalue weighted by atomic mass is 79.9. The van der Waals surface area contributed by atoms with Crippen molar-refractivity contribution < 1.29 is 4.74 Å². The minimum Gasteiger partial charge on any atom is -0.489 e. The van der Waals surface area contributed by atoms with Crippen LogP contribution in [0.15, 0.2) is 21.1 Å². The van der Waals surface area contributed by atoms with Crippen LogP contribution in [0.5, 0.6) is 5.75 Å². The van der Waals surface area contributed by atoms with Crippen molar-refractivity contribution in [3.63, 3.8) is 0 Å². The topological polar surface area (TPSA) is 24.5 Å². The third kappa shape index (κ3) is 6.99. The van der Waals surface area contributed by atoms with E-state index in [1.165, 1.54) is 12.0 Å². The standard InChI is InChI=1S/C17H28Br2N2O/c1-5-21(6-2)9-7-8-20-12-14-10-15(18)17(16(19)11-14)22-13(3)4/h10-11,13,20H,5-9,12H2,1-4H3. The van der Waals surface area contributed by atoms with E-state index in [9.17, 15) is 0 Å². The highest BCUT2D eigenvalue weighted by Gasteiger charge is 2.10. The largest absolute Gasteiger partial charge is 0.489 e. The van der Waals surface area contributed by atoms with Crippen LogP contribution in [-0.2, 0) is 6.54 Å². The fourth-order valence-electron chi connectivity index (χ4n) is 2.26. The molecule has 1 rings (SSSR count). The van der Waals surface area contributed by atoms with E-state index in [2.05, 4.69) is 68.1 Å². The van der Waals surface area contributed by atoms with Gasteiger partial charge in [0.25, 0.3) is 0 Å². The van der Waals surface area contributed by atoms with Gasteiger partial charge in [0.05, 0.1) is 15.0 Å². The number of hydrogen-bond donors (Lipinski definition) is 1. The summed E-state index contributed by atoms with van der Waals surface area (Å²) in [7, 11) is 0. The summed E-state index contributed by atoms with van der Waals surface area (Å²) in [5, 5.41) is 3.51. The first-order chi connectivity index (χ1) is 10.5. The molecule has 0 atom stereocenters. The maximum absolute atomic E-state index is 5.81. The van der Waals surface area contributed by atoms with Gasteiger partial charge in [-0.25, -0.2) is 0 Å². The van der Waals surface area contributed by atoms with E-state index in [4.69, 9.17) is 4.74 Å². The predicted octanol–water partition coefficient (Wildman–Crippen LogP) is 4.82. The van der Waals surface area contributed by atoms with Crippen LogP contribution in [0.25, 0.3) is 0 Å². The van der Waals surface area contributed by atoms with Gasteiger partial charge in [-0.3, -0.25) is 0 Å². The average Bonchev–Trinajstić information content (AvgIpc) is 2.46. The van der Waals surface area contributed by atoms with E-state index in [1.54, 1.807) is 0 Å². The van der Waals surface area contributed by atoms with Gasteiger partial charge in [0.1, 0.15) is 5.75 Å². The van der Waals surface area contributed by atoms with Crippen molar-refractivity contribution in [2.45, 2.75) is 46.8 Å². The molecular weight excluding hydrogens is 408 g/mol. The second-order valence-electron chi connectivity index (χ2n) is 5.61. The van der Waals surface area contributed by atoms with Crippen molar-refractivity contribution in [1.82, 2.24) is 10.2 Å². The predicted molar refractivity (Wildman–Crippen MR) is 102 cm³/mol. The van der Waals surface area contributed by atoms with Gasteiger partial charge >= 0.3 is 0 Å². The van der Waals surface area contributed by atoms with Crippen molar-refractivity contribution in [2.24, 2.45) is 0 Å². The van der Waals surface area contributed by atoms with E-state index in [-0.39, 0.29) is 6.10 Å². The second kappa shape index (κ2) is 10.6. The Morgan fingerprint density at radius 1 is 1.14 bits per heavy atom. The zero-order valence-electron chi connectivity index (χ0n) is 14.1. The minimum atomic E-state index is 0.164. The smallest absolute Gasteiger partial charge is 0.148 e. The summed E-state index contributed by atoms with van der Waals surface area (Å²) >= 11 is 7.19. The molecule has 1 N–H and O–H groups in total. The van der Waals surface area contributed by atoms with Crippen LogP contribution < -0.4 is 10.1 Å². The lowest BCUT2D eigenvalue weighted by molar-refractivity contribution is 0.239. The summed E-state index contributed by atoms with van der Waals surface area (Å²) in [6, 6.07) is 4.25. The van der Waals surface area contributed by atoms with Gasteiger partial charge in [0.2, 0.25) is 0 Å². The summed E-state index contributed by atoms with van der Waals surface area (Å²) < 4.78 is 7.80. The van der Waals surface area contributed by atoms with Gasteiger partial charge in [-0.2, -0.15) is 0 Å². The highest BCUT2D eigenvalue weighted by molar-refractivity contribution is 9.11. The fraction of sp³-hybridized carbons (Fsp3) is 0.647. The first-order valence-corrected chi connectivity index (χ1v) is 9.64. The molecule has 0 spiro atoms. The Kier molecular flexibility index (Phi) is 9.64. The van der Waals surface area contributed by atoms with Crippen molar-refractivity contribution >= 4 is 31.9 Å². The van der Waals surface area contributed by atoms with Crippen molar-refractivity contribution in [1.29, 1.82) is 0 Å². The van der Waals surface area contributed by atoms with Crippen molar-refractivity contribution in [3.8, 4) is 5.75 Å². The van der Waals surface area contributed by atoms with E-state index < -0.39 is 0 Å². The van der Waals surface area contributed by atoms with Gasteiger partial charge in [-0.05, 0) is 96.0 Å². The average molecular weight is 436 g/mol. The minimum absolute atomic E-state index is 0.164. The molecule has 3 nitrogen and oxygen atoms in total. The number of ether oxygens (including phenoxy) is 1. The number of nitrogens with one attached hydrogen (secondary N) is 1. The third-order valence-electron chi connectivity index (χ3n) is 3.46. The first kappa shape index (κ1) is 19.9. The summed E-state index contributed by atoms with van der Waals surface area (Å²) in [6.07, 6.45) is 1.34. The Bertz CT molecular complexity index is 425. The third-order valence-corrected chi connectivity index (χ3v) is 4.64. The number of hydrogen-bond acceptors (Lipinski definition) is 3. The van der Waals surface area contributed by atoms with Crippen LogP contribution >= 0.6 is 31.9 Å². The molecule has 0 fully saturated rings. The van der Waals surface area contributed by atoms with Crippen LogP contribution in [0.1, 0.15) is 39.7 Å². The van der Waals surface area contributed by atoms with E-state index in [0.717, 1.165) is 47.4 Å². The van der Waals surface area contributed by atoms with Gasteiger partial charge in [-0.1, -0.05) is 13.8 Å². The summed E-state index contributed by atoms with van der Waals surface area (Å²) in [5.74, 6) is 0.875. The molecule has 0 aliphatic heterocycles. The van der Waals surface area contributed by atoms with Gasteiger partial charge in [0.15, 0.2) is 0 Å². The normalized spacial score (nSPS) is 11.5. The number of halogens is 2. The molecule has 0 radical (unpaired) electrons. The lowest BCUT2D eigenvalue weighted by Crippen LogP contribution is -2.27. The lowest BCUT2D eigenvalue weighted by Gasteiger charge is -2.18. The Morgan fingerprint density at radius 2 is 1.73 bits per heavy atom. The Hall–Kier alpha value is -0.100. The maximum atomic E-state index is 5.81. The van der Waals surface area contributed by atoms with E-state index >= 15 is 0 Å². The molecule has 0 aliphatic rings. The number of nitrogens with zero attached hydrogens (tertiary/aromatic N) is 1. The molecule has 0 unspecified atom stereocenters. The number of benzene rings is 1. The Balaban J connectivity index is 2.44. The second-order valence-corrected chi connectivity index (χ2v) is 7.32. The van der Waals surface area contributed by atoms with Crippen LogP contribution in [-0.4, -0.2) is 37.2 Å². The Morgan fingerprint density at radius 3 is 2.23 bits per heavy atom. The zero-order valence-corrected chi connectivity index (χ0v) is 17.3. The number of rotatable bonds is 10. The molecule has 0 bridgehead atoms. The molecule has 0 amide bonds. The van der Waals surface area contributed by atoms with Gasteiger partial charge < -0.3 is 15.0 Å². The Labute approximate surface area is 152 Å². The SMILES string of the molecule is CCN(CC)CCCNCc1cc(Br)c(OC(C)C)c(Br)c1. The van der Waals surface area contributed by atoms with Crippen LogP contribution in [0.4, 0.5) is 0 Å².